The Kier molecular flexibility index (Phi) is 6.89. The predicted molar refractivity (Wildman–Crippen MR) is 121 cm³/mol. The second kappa shape index (κ2) is 9.11. The number of rotatable bonds is 4. The number of hydrogen-bond donors (Lipinski definition) is 0. The van der Waals surface area contributed by atoms with Gasteiger partial charge in [-0.15, -0.1) is 6.42 Å². The molecule has 0 atom stereocenters. The number of carbonyl (C=O) groups is 1. The lowest BCUT2D eigenvalue weighted by atomic mass is 10.1. The fraction of sp³-hybridized carbons (Fsp3) is 0.100. The number of benzene rings is 2. The molecule has 0 aromatic heterocycles. The molecule has 0 bridgehead atoms. The molecule has 0 fully saturated rings. The first kappa shape index (κ1) is 23.5. The van der Waals surface area contributed by atoms with Gasteiger partial charge in [0.1, 0.15) is 18.0 Å². The van der Waals surface area contributed by atoms with E-state index in [2.05, 4.69) is 11.0 Å². The number of amides is 1. The summed E-state index contributed by atoms with van der Waals surface area (Å²) in [6.45, 7) is 1.43. The average molecular weight is 658 g/mol. The van der Waals surface area contributed by atoms with Gasteiger partial charge in [-0.05, 0) is 75.9 Å². The lowest BCUT2D eigenvalue weighted by molar-refractivity contribution is -0.114. The highest BCUT2D eigenvalue weighted by Crippen LogP contribution is 2.35. The minimum atomic E-state index is -2.32. The monoisotopic (exact) mass is 658 g/mol. The highest BCUT2D eigenvalue weighted by atomic mass is 127. The van der Waals surface area contributed by atoms with Gasteiger partial charge in [-0.3, -0.25) is 4.79 Å². The number of terminal acetylenes is 1. The molecule has 0 unspecified atom stereocenters. The largest absolute Gasteiger partial charge is 0.479 e. The number of halogens is 7. The maximum atomic E-state index is 14.1. The fourth-order valence-corrected chi connectivity index (χ4v) is 4.82. The number of ether oxygens (including phenoxy) is 1. The van der Waals surface area contributed by atoms with Crippen molar-refractivity contribution in [3.63, 3.8) is 0 Å². The summed E-state index contributed by atoms with van der Waals surface area (Å²) in [5, 5.41) is 3.86. The van der Waals surface area contributed by atoms with E-state index in [0.717, 1.165) is 0 Å². The van der Waals surface area contributed by atoms with Crippen molar-refractivity contribution in [3.8, 4) is 18.1 Å². The van der Waals surface area contributed by atoms with E-state index in [1.807, 2.05) is 45.2 Å². The Bertz CT molecular complexity index is 1170. The maximum Gasteiger partial charge on any atom is 0.280 e. The zero-order valence-electron chi connectivity index (χ0n) is 15.4. The topological polar surface area (TPSA) is 41.9 Å². The highest BCUT2D eigenvalue weighted by Gasteiger charge is 2.37. The predicted octanol–water partition coefficient (Wildman–Crippen LogP) is 5.41. The van der Waals surface area contributed by atoms with Crippen LogP contribution in [0.2, 0.25) is 0 Å². The molecule has 1 aliphatic rings. The minimum absolute atomic E-state index is 0.0339. The molecule has 0 aliphatic carbocycles. The van der Waals surface area contributed by atoms with Gasteiger partial charge in [0.25, 0.3) is 5.91 Å². The Hall–Kier alpha value is -2.21. The molecule has 0 N–H and O–H groups in total. The molecule has 0 saturated heterocycles. The van der Waals surface area contributed by atoms with E-state index in [1.54, 1.807) is 12.1 Å². The van der Waals surface area contributed by atoms with Crippen LogP contribution in [0.5, 0.6) is 5.75 Å². The SMILES string of the molecule is C#CCOc1c(I)cc(/C=C2/C(=O)N(c3c(F)c(F)c(F)c(F)c3F)N=C2C)cc1I. The third-order valence-electron chi connectivity index (χ3n) is 4.09. The van der Waals surface area contributed by atoms with E-state index >= 15 is 0 Å². The van der Waals surface area contributed by atoms with Gasteiger partial charge in [-0.25, -0.2) is 22.0 Å². The minimum Gasteiger partial charge on any atom is -0.479 e. The third-order valence-corrected chi connectivity index (χ3v) is 5.70. The van der Waals surface area contributed by atoms with Gasteiger partial charge in [0.15, 0.2) is 23.3 Å². The van der Waals surface area contributed by atoms with Gasteiger partial charge in [0, 0.05) is 0 Å². The molecule has 3 rings (SSSR count). The van der Waals surface area contributed by atoms with Crippen LogP contribution in [-0.2, 0) is 4.79 Å². The molecule has 2 aromatic carbocycles. The van der Waals surface area contributed by atoms with Crippen molar-refractivity contribution in [2.45, 2.75) is 6.92 Å². The van der Waals surface area contributed by atoms with Crippen molar-refractivity contribution in [1.29, 1.82) is 0 Å². The lowest BCUT2D eigenvalue weighted by Crippen LogP contribution is -2.25. The van der Waals surface area contributed by atoms with Crippen molar-refractivity contribution in [1.82, 2.24) is 0 Å². The first-order valence-corrected chi connectivity index (χ1v) is 10.4. The Balaban J connectivity index is 2.04. The number of hydrazone groups is 1. The maximum absolute atomic E-state index is 14.1. The van der Waals surface area contributed by atoms with E-state index in [0.29, 0.717) is 18.5 Å². The van der Waals surface area contributed by atoms with Crippen molar-refractivity contribution >= 4 is 68.6 Å². The van der Waals surface area contributed by atoms with Gasteiger partial charge in [0.05, 0.1) is 18.4 Å². The van der Waals surface area contributed by atoms with Crippen molar-refractivity contribution in [3.05, 3.63) is 59.5 Å². The summed E-state index contributed by atoms with van der Waals surface area (Å²) in [4.78, 5) is 12.7. The van der Waals surface area contributed by atoms with Crippen molar-refractivity contribution in [2.75, 3.05) is 11.6 Å². The summed E-state index contributed by atoms with van der Waals surface area (Å²) < 4.78 is 75.5. The zero-order chi connectivity index (χ0) is 23.0. The molecule has 1 amide bonds. The number of anilines is 1. The van der Waals surface area contributed by atoms with Crippen molar-refractivity contribution < 1.29 is 31.5 Å². The van der Waals surface area contributed by atoms with E-state index in [1.165, 1.54) is 13.0 Å². The van der Waals surface area contributed by atoms with Gasteiger partial charge < -0.3 is 4.74 Å². The Labute approximate surface area is 200 Å². The zero-order valence-corrected chi connectivity index (χ0v) is 19.7. The molecule has 11 heteroatoms. The van der Waals surface area contributed by atoms with Crippen LogP contribution >= 0.6 is 45.2 Å². The standard InChI is InChI=1S/C20H9F5I2N2O2/c1-3-4-31-19-11(26)6-9(7-12(19)27)5-10-8(2)28-29(20(10)30)18-16(24)14(22)13(21)15(23)17(18)25/h1,5-7H,4H2,2H3/b10-5+. The average Bonchev–Trinajstić information content (AvgIpc) is 2.98. The van der Waals surface area contributed by atoms with Gasteiger partial charge >= 0.3 is 0 Å². The molecule has 1 heterocycles. The second-order valence-electron chi connectivity index (χ2n) is 6.09. The first-order chi connectivity index (χ1) is 14.6. The Morgan fingerprint density at radius 3 is 2.10 bits per heavy atom. The van der Waals surface area contributed by atoms with E-state index in [-0.39, 0.29) is 22.9 Å². The molecule has 0 spiro atoms. The number of hydrogen-bond acceptors (Lipinski definition) is 3. The van der Waals surface area contributed by atoms with Crippen LogP contribution < -0.4 is 9.75 Å². The van der Waals surface area contributed by atoms with Crippen LogP contribution in [0, 0.1) is 48.6 Å². The normalized spacial score (nSPS) is 14.8. The molecule has 31 heavy (non-hydrogen) atoms. The summed E-state index contributed by atoms with van der Waals surface area (Å²) in [7, 11) is 0. The Morgan fingerprint density at radius 1 is 1.06 bits per heavy atom. The molecular weight excluding hydrogens is 649 g/mol. The molecule has 160 valence electrons. The van der Waals surface area contributed by atoms with Crippen LogP contribution in [0.15, 0.2) is 22.8 Å². The van der Waals surface area contributed by atoms with E-state index < -0.39 is 40.7 Å². The van der Waals surface area contributed by atoms with Crippen LogP contribution in [0.1, 0.15) is 12.5 Å². The van der Waals surface area contributed by atoms with Gasteiger partial charge in [0.2, 0.25) is 5.82 Å². The number of nitrogens with zero attached hydrogens (tertiary/aromatic N) is 2. The van der Waals surface area contributed by atoms with Crippen molar-refractivity contribution in [2.24, 2.45) is 5.10 Å². The van der Waals surface area contributed by atoms with Gasteiger partial charge in [-0.2, -0.15) is 10.1 Å². The number of carbonyl (C=O) groups excluding carboxylic acids is 1. The van der Waals surface area contributed by atoms with E-state index in [9.17, 15) is 26.7 Å². The van der Waals surface area contributed by atoms with Gasteiger partial charge in [-0.1, -0.05) is 5.92 Å². The molecule has 1 aliphatic heterocycles. The Morgan fingerprint density at radius 2 is 1.58 bits per heavy atom. The van der Waals surface area contributed by atoms with Crippen LogP contribution in [0.4, 0.5) is 27.6 Å². The summed E-state index contributed by atoms with van der Waals surface area (Å²) in [6.07, 6.45) is 6.58. The summed E-state index contributed by atoms with van der Waals surface area (Å²) in [5.41, 5.74) is -0.954. The molecule has 2 aromatic rings. The smallest absolute Gasteiger partial charge is 0.280 e. The first-order valence-electron chi connectivity index (χ1n) is 8.26. The summed E-state index contributed by atoms with van der Waals surface area (Å²) >= 11 is 4.02. The van der Waals surface area contributed by atoms with Crippen LogP contribution in [0.25, 0.3) is 6.08 Å². The highest BCUT2D eigenvalue weighted by molar-refractivity contribution is 14.1. The van der Waals surface area contributed by atoms with E-state index in [4.69, 9.17) is 11.2 Å². The quantitative estimate of drug-likeness (QED) is 0.110. The fourth-order valence-electron chi connectivity index (χ4n) is 2.70. The van der Waals surface area contributed by atoms with Crippen LogP contribution in [-0.4, -0.2) is 18.2 Å². The molecule has 0 saturated carbocycles. The van der Waals surface area contributed by atoms with Crippen LogP contribution in [0.3, 0.4) is 0 Å². The molecular formula is C20H9F5I2N2O2. The lowest BCUT2D eigenvalue weighted by Gasteiger charge is -2.15. The second-order valence-corrected chi connectivity index (χ2v) is 8.41. The third kappa shape index (κ3) is 4.27. The summed E-state index contributed by atoms with van der Waals surface area (Å²) in [5.74, 6) is -9.10. The molecule has 4 nitrogen and oxygen atoms in total. The molecule has 0 radical (unpaired) electrons. The summed E-state index contributed by atoms with van der Waals surface area (Å²) in [6, 6.07) is 3.34.